The zero-order valence-corrected chi connectivity index (χ0v) is 50.6. The predicted octanol–water partition coefficient (Wildman–Crippen LogP) is 23.2. The molecule has 4 nitrogen and oxygen atoms in total. The number of ether oxygens (including phenoxy) is 4. The van der Waals surface area contributed by atoms with Crippen LogP contribution < -0.4 is 18.9 Å². The summed E-state index contributed by atoms with van der Waals surface area (Å²) in [6.07, 6.45) is 2.50. The molecule has 0 atom stereocenters. The summed E-state index contributed by atoms with van der Waals surface area (Å²) < 4.78 is 31.0. The van der Waals surface area contributed by atoms with Crippen LogP contribution in [-0.2, 0) is 21.7 Å². The van der Waals surface area contributed by atoms with Gasteiger partial charge in [-0.15, -0.1) is 0 Å². The fourth-order valence-corrected chi connectivity index (χ4v) is 10.9. The van der Waals surface area contributed by atoms with Gasteiger partial charge in [0, 0.05) is 51.1 Å². The van der Waals surface area contributed by atoms with Crippen LogP contribution in [0, 0.1) is 0 Å². The first kappa shape index (κ1) is 55.7. The third kappa shape index (κ3) is 12.2. The maximum atomic E-state index is 7.10. The van der Waals surface area contributed by atoms with E-state index in [4.69, 9.17) is 18.9 Å². The smallest absolute Gasteiger partial charge is 0.137 e. The molecule has 382 valence electrons. The molecule has 0 amide bonds. The van der Waals surface area contributed by atoms with Crippen molar-refractivity contribution >= 4 is 90.9 Å². The molecule has 73 heavy (non-hydrogen) atoms. The van der Waals surface area contributed by atoms with Crippen LogP contribution in [0.5, 0.6) is 46.0 Å². The number of halogens is 3. The Morgan fingerprint density at radius 3 is 0.822 bits per heavy atom. The van der Waals surface area contributed by atoms with Crippen LogP contribution in [0.1, 0.15) is 146 Å². The van der Waals surface area contributed by atoms with Crippen LogP contribution in [0.4, 0.5) is 0 Å². The van der Waals surface area contributed by atoms with Crippen molar-refractivity contribution in [1.29, 1.82) is 0 Å². The van der Waals surface area contributed by atoms with Crippen LogP contribution in [0.3, 0.4) is 0 Å². The number of hydrogen-bond donors (Lipinski definition) is 0. The first-order chi connectivity index (χ1) is 34.3. The minimum atomic E-state index is -0.0143. The van der Waals surface area contributed by atoms with E-state index in [1.165, 1.54) is 35.1 Å². The van der Waals surface area contributed by atoms with Crippen molar-refractivity contribution in [3.05, 3.63) is 163 Å². The lowest BCUT2D eigenvalue weighted by Gasteiger charge is -2.25. The molecule has 9 rings (SSSR count). The third-order valence-corrected chi connectivity index (χ3v) is 14.6. The summed E-state index contributed by atoms with van der Waals surface area (Å²) in [5.74, 6) is 5.56. The largest absolute Gasteiger partial charge is 0.457 e. The molecule has 7 heteroatoms. The molecule has 0 aliphatic carbocycles. The molecule has 0 aliphatic heterocycles. The lowest BCUT2D eigenvalue weighted by atomic mass is 9.87. The van der Waals surface area contributed by atoms with E-state index in [0.717, 1.165) is 79.5 Å². The van der Waals surface area contributed by atoms with E-state index in [9.17, 15) is 0 Å². The summed E-state index contributed by atoms with van der Waals surface area (Å²) >= 11 is 12.1. The zero-order chi connectivity index (χ0) is 53.4. The Labute approximate surface area is 460 Å². The van der Waals surface area contributed by atoms with Gasteiger partial charge >= 0.3 is 0 Å². The molecule has 0 aliphatic rings. The molecular weight excluding hydrogens is 1100 g/mol. The Bertz CT molecular complexity index is 3220. The summed E-state index contributed by atoms with van der Waals surface area (Å²) in [5, 5.41) is 7.33. The highest BCUT2D eigenvalue weighted by atomic mass is 79.9. The van der Waals surface area contributed by atoms with Gasteiger partial charge in [-0.05, 0) is 160 Å². The summed E-state index contributed by atoms with van der Waals surface area (Å²) in [7, 11) is 0. The van der Waals surface area contributed by atoms with Crippen LogP contribution in [0.2, 0.25) is 0 Å². The van der Waals surface area contributed by atoms with Gasteiger partial charge in [0.05, 0.1) is 0 Å². The Morgan fingerprint density at radius 1 is 0.288 bits per heavy atom. The fourth-order valence-electron chi connectivity index (χ4n) is 8.84. The van der Waals surface area contributed by atoms with Crippen molar-refractivity contribution in [3.8, 4) is 46.0 Å². The third-order valence-electron chi connectivity index (χ3n) is 12.7. The molecule has 0 fully saturated rings. The topological polar surface area (TPSA) is 36.9 Å². The highest BCUT2D eigenvalue weighted by molar-refractivity contribution is 9.11. The average molecular weight is 1170 g/mol. The molecule has 9 aromatic rings. The number of benzene rings is 9. The predicted molar refractivity (Wildman–Crippen MR) is 324 cm³/mol. The van der Waals surface area contributed by atoms with Gasteiger partial charge in [0.1, 0.15) is 46.0 Å². The first-order valence-corrected chi connectivity index (χ1v) is 28.1. The lowest BCUT2D eigenvalue weighted by molar-refractivity contribution is 0.481. The number of fused-ring (bicyclic) bond motifs is 2. The highest BCUT2D eigenvalue weighted by Crippen LogP contribution is 2.57. The Balaban J connectivity index is 0.00000124. The van der Waals surface area contributed by atoms with Crippen molar-refractivity contribution in [2.75, 3.05) is 0 Å². The first-order valence-electron chi connectivity index (χ1n) is 25.7. The van der Waals surface area contributed by atoms with Gasteiger partial charge in [0.25, 0.3) is 0 Å². The fraction of sp³-hybridized carbons (Fsp3) is 0.333. The van der Waals surface area contributed by atoms with Crippen LogP contribution in [0.25, 0.3) is 43.1 Å². The van der Waals surface area contributed by atoms with Crippen molar-refractivity contribution in [2.24, 2.45) is 0 Å². The molecule has 0 heterocycles. The van der Waals surface area contributed by atoms with Crippen molar-refractivity contribution in [3.63, 3.8) is 0 Å². The monoisotopic (exact) mass is 1170 g/mol. The van der Waals surface area contributed by atoms with Gasteiger partial charge in [-0.25, -0.2) is 0 Å². The SMILES string of the molecule is CC(C)(C)c1ccc(Oc2ccc3c(Br)cc(Oc4ccc(C(C)(C)C)cc4)c4c5c(Oc6ccc(C(C)(C)C)cc6)cc(Br)c6c(Br)cc(Oc7ccc(C(C)(C)C)cc7)c(c2c34)c65)cc1.CCC.CCC. The van der Waals surface area contributed by atoms with Crippen molar-refractivity contribution < 1.29 is 18.9 Å². The van der Waals surface area contributed by atoms with E-state index >= 15 is 0 Å². The second-order valence-corrected chi connectivity index (χ2v) is 25.8. The Kier molecular flexibility index (Phi) is 16.8. The normalized spacial score (nSPS) is 12.2. The lowest BCUT2D eigenvalue weighted by Crippen LogP contribution is -2.10. The molecular formula is C66H73Br3O4. The van der Waals surface area contributed by atoms with E-state index in [1.807, 2.05) is 0 Å². The van der Waals surface area contributed by atoms with Crippen LogP contribution in [-0.4, -0.2) is 0 Å². The van der Waals surface area contributed by atoms with E-state index in [-0.39, 0.29) is 21.7 Å². The Morgan fingerprint density at radius 2 is 0.534 bits per heavy atom. The van der Waals surface area contributed by atoms with E-state index in [0.29, 0.717) is 23.0 Å². The van der Waals surface area contributed by atoms with Gasteiger partial charge in [0.15, 0.2) is 0 Å². The quantitative estimate of drug-likeness (QED) is 0.112. The summed E-state index contributed by atoms with van der Waals surface area (Å²) in [5.41, 5.74) is 4.85. The molecule has 0 unspecified atom stereocenters. The van der Waals surface area contributed by atoms with Crippen LogP contribution >= 0.6 is 47.8 Å². The maximum Gasteiger partial charge on any atom is 0.137 e. The number of rotatable bonds is 8. The van der Waals surface area contributed by atoms with E-state index in [1.54, 1.807) is 0 Å². The average Bonchev–Trinajstić information content (AvgIpc) is 3.30. The van der Waals surface area contributed by atoms with E-state index in [2.05, 4.69) is 286 Å². The van der Waals surface area contributed by atoms with E-state index < -0.39 is 0 Å². The van der Waals surface area contributed by atoms with Crippen molar-refractivity contribution in [1.82, 2.24) is 0 Å². The van der Waals surface area contributed by atoms with Gasteiger partial charge in [-0.3, -0.25) is 0 Å². The second kappa shape index (κ2) is 22.0. The van der Waals surface area contributed by atoms with Crippen LogP contribution in [0.15, 0.2) is 141 Å². The molecule has 9 aromatic carbocycles. The Hall–Kier alpha value is -5.08. The second-order valence-electron chi connectivity index (χ2n) is 23.2. The van der Waals surface area contributed by atoms with Crippen molar-refractivity contribution in [2.45, 2.75) is 145 Å². The van der Waals surface area contributed by atoms with Gasteiger partial charge < -0.3 is 18.9 Å². The van der Waals surface area contributed by atoms with Gasteiger partial charge in [0.2, 0.25) is 0 Å². The summed E-state index contributed by atoms with van der Waals surface area (Å²) in [4.78, 5) is 0. The molecule has 0 radical (unpaired) electrons. The molecule has 0 saturated carbocycles. The minimum Gasteiger partial charge on any atom is -0.457 e. The van der Waals surface area contributed by atoms with Gasteiger partial charge in [-0.1, -0.05) is 188 Å². The maximum absolute atomic E-state index is 7.10. The standard InChI is InChI=1S/C60H57Br3O4.2C3H8/c1-57(2,3)34-13-21-38(22-14-34)64-46-30-29-42-43(61)31-47(65-39-23-15-35(16-24-39)58(4,5)6)53-50(42)52(46)54-48(66-40-25-17-36(18-26-40)59(7,8)9)32-44(62)51-45(63)33-49(55(53)56(51)54)67-41-27-19-37(20-28-41)60(10,11)12;2*1-3-2/h13-33H,1-12H3;2*3H2,1-2H3. The van der Waals surface area contributed by atoms with Gasteiger partial charge in [-0.2, -0.15) is 0 Å². The molecule has 0 bridgehead atoms. The molecule has 0 N–H and O–H groups in total. The molecule has 0 aromatic heterocycles. The highest BCUT2D eigenvalue weighted by Gasteiger charge is 2.29. The minimum absolute atomic E-state index is 0.00994. The summed E-state index contributed by atoms with van der Waals surface area (Å²) in [6, 6.07) is 44.1. The zero-order valence-electron chi connectivity index (χ0n) is 45.8. The molecule has 0 saturated heterocycles. The molecule has 0 spiro atoms. The number of hydrogen-bond acceptors (Lipinski definition) is 4. The summed E-state index contributed by atoms with van der Waals surface area (Å²) in [6.45, 7) is 35.2.